The number of rotatable bonds is 6. The van der Waals surface area contributed by atoms with Gasteiger partial charge in [0.1, 0.15) is 12.6 Å². The van der Waals surface area contributed by atoms with E-state index in [1.54, 1.807) is 11.8 Å². The van der Waals surface area contributed by atoms with E-state index in [-0.39, 0.29) is 6.61 Å². The Hall–Kier alpha value is -3.25. The Labute approximate surface area is 198 Å². The van der Waals surface area contributed by atoms with Crippen LogP contribution in [0.25, 0.3) is 11.1 Å². The molecular weight excluding hydrogens is 434 g/mol. The molecular formula is C27H27NO4S. The number of carbonyl (C=O) groups excluding carboxylic acids is 2. The van der Waals surface area contributed by atoms with E-state index in [1.165, 1.54) is 12.0 Å². The molecule has 0 radical (unpaired) electrons. The van der Waals surface area contributed by atoms with E-state index in [2.05, 4.69) is 36.4 Å². The molecule has 0 unspecified atom stereocenters. The summed E-state index contributed by atoms with van der Waals surface area (Å²) in [5.41, 5.74) is 4.23. The molecule has 33 heavy (non-hydrogen) atoms. The molecule has 0 saturated carbocycles. The van der Waals surface area contributed by atoms with Crippen molar-refractivity contribution in [2.24, 2.45) is 0 Å². The number of benzene rings is 3. The van der Waals surface area contributed by atoms with Crippen LogP contribution in [0.4, 0.5) is 4.79 Å². The van der Waals surface area contributed by atoms with Gasteiger partial charge >= 0.3 is 12.1 Å². The van der Waals surface area contributed by atoms with E-state index < -0.39 is 22.9 Å². The number of esters is 1. The Morgan fingerprint density at radius 1 is 0.939 bits per heavy atom. The van der Waals surface area contributed by atoms with E-state index in [9.17, 15) is 9.59 Å². The highest BCUT2D eigenvalue weighted by Crippen LogP contribution is 2.46. The summed E-state index contributed by atoms with van der Waals surface area (Å²) in [4.78, 5) is 27.1. The number of amides is 1. The monoisotopic (exact) mass is 461 g/mol. The van der Waals surface area contributed by atoms with Crippen molar-refractivity contribution >= 4 is 23.8 Å². The van der Waals surface area contributed by atoms with E-state index >= 15 is 0 Å². The molecule has 5 nitrogen and oxygen atoms in total. The average molecular weight is 462 g/mol. The lowest BCUT2D eigenvalue weighted by Gasteiger charge is -2.28. The summed E-state index contributed by atoms with van der Waals surface area (Å²) in [6, 6.07) is 27.3. The Kier molecular flexibility index (Phi) is 7.04. The average Bonchev–Trinajstić information content (AvgIpc) is 3.29. The van der Waals surface area contributed by atoms with Gasteiger partial charge in [0.25, 0.3) is 0 Å². The van der Waals surface area contributed by atoms with E-state index in [0.29, 0.717) is 13.0 Å². The van der Waals surface area contributed by atoms with Crippen molar-refractivity contribution in [3.05, 3.63) is 96.1 Å². The third kappa shape index (κ3) is 4.91. The first-order valence-corrected chi connectivity index (χ1v) is 12.0. The molecule has 0 bridgehead atoms. The minimum Gasteiger partial charge on any atom is -0.467 e. The van der Waals surface area contributed by atoms with Gasteiger partial charge in [0.2, 0.25) is 0 Å². The fourth-order valence-electron chi connectivity index (χ4n) is 4.28. The summed E-state index contributed by atoms with van der Waals surface area (Å²) in [7, 11) is 1.35. The number of hydrogen-bond donors (Lipinski definition) is 0. The van der Waals surface area contributed by atoms with Gasteiger partial charge in [0, 0.05) is 6.54 Å². The van der Waals surface area contributed by atoms with Gasteiger partial charge in [0.05, 0.1) is 11.9 Å². The minimum atomic E-state index is -0.695. The van der Waals surface area contributed by atoms with Crippen LogP contribution in [0.2, 0.25) is 0 Å². The summed E-state index contributed by atoms with van der Waals surface area (Å²) >= 11 is 1.64. The molecule has 4 rings (SSSR count). The maximum absolute atomic E-state index is 13.0. The summed E-state index contributed by atoms with van der Waals surface area (Å²) in [6.45, 7) is 0.522. The Morgan fingerprint density at radius 3 is 2.15 bits per heavy atom. The highest BCUT2D eigenvalue weighted by Gasteiger charge is 2.50. The minimum absolute atomic E-state index is 0.155. The van der Waals surface area contributed by atoms with Gasteiger partial charge in [-0.25, -0.2) is 9.59 Å². The van der Waals surface area contributed by atoms with Crippen LogP contribution >= 0.6 is 11.8 Å². The molecule has 3 aromatic carbocycles. The molecule has 1 fully saturated rings. The molecule has 1 aliphatic rings. The first kappa shape index (κ1) is 22.9. The number of hydrogen-bond acceptors (Lipinski definition) is 5. The largest absolute Gasteiger partial charge is 0.467 e. The number of thioether (sulfide) groups is 1. The number of ether oxygens (including phenoxy) is 2. The van der Waals surface area contributed by atoms with Crippen LogP contribution in [0.5, 0.6) is 0 Å². The van der Waals surface area contributed by atoms with Crippen LogP contribution in [0.3, 0.4) is 0 Å². The van der Waals surface area contributed by atoms with E-state index in [1.807, 2.05) is 54.8 Å². The molecule has 1 amide bonds. The molecule has 1 heterocycles. The zero-order valence-electron chi connectivity index (χ0n) is 18.8. The third-order valence-electron chi connectivity index (χ3n) is 6.15. The molecule has 0 spiro atoms. The molecule has 0 aliphatic carbocycles. The van der Waals surface area contributed by atoms with Crippen molar-refractivity contribution < 1.29 is 19.1 Å². The van der Waals surface area contributed by atoms with Crippen LogP contribution in [0.1, 0.15) is 17.5 Å². The summed E-state index contributed by atoms with van der Waals surface area (Å²) in [5.74, 6) is -0.427. The van der Waals surface area contributed by atoms with Crippen LogP contribution in [0, 0.1) is 0 Å². The molecule has 1 aliphatic heterocycles. The van der Waals surface area contributed by atoms with Crippen LogP contribution in [0.15, 0.2) is 84.9 Å². The quantitative estimate of drug-likeness (QED) is 0.454. The van der Waals surface area contributed by atoms with Gasteiger partial charge in [-0.3, -0.25) is 4.90 Å². The summed E-state index contributed by atoms with van der Waals surface area (Å²) in [6.07, 6.45) is 1.97. The fraction of sp³-hybridized carbons (Fsp3) is 0.259. The highest BCUT2D eigenvalue weighted by molar-refractivity contribution is 7.99. The van der Waals surface area contributed by atoms with Gasteiger partial charge in [0.15, 0.2) is 0 Å². The second-order valence-electron chi connectivity index (χ2n) is 8.05. The van der Waals surface area contributed by atoms with Gasteiger partial charge in [-0.1, -0.05) is 84.9 Å². The van der Waals surface area contributed by atoms with E-state index in [0.717, 1.165) is 22.3 Å². The maximum Gasteiger partial charge on any atom is 0.410 e. The lowest BCUT2D eigenvalue weighted by Crippen LogP contribution is -2.41. The van der Waals surface area contributed by atoms with Gasteiger partial charge < -0.3 is 9.47 Å². The van der Waals surface area contributed by atoms with E-state index in [4.69, 9.17) is 9.47 Å². The number of carbonyl (C=O) groups is 2. The standard InChI is InChI=1S/C27H27NO4S/c1-31-25(29)24-17-27(33-2,19-28(24)26(30)32-18-20-9-5-3-6-10-20)23-15-13-22(14-16-23)21-11-7-4-8-12-21/h3-16,24H,17-19H2,1-2H3/t24-,27-/m0/s1. The maximum atomic E-state index is 13.0. The van der Waals surface area contributed by atoms with Crippen molar-refractivity contribution in [2.45, 2.75) is 23.8 Å². The van der Waals surface area contributed by atoms with Crippen molar-refractivity contribution in [3.8, 4) is 11.1 Å². The Balaban J connectivity index is 1.56. The smallest absolute Gasteiger partial charge is 0.410 e. The van der Waals surface area contributed by atoms with Crippen molar-refractivity contribution in [1.82, 2.24) is 4.90 Å². The van der Waals surface area contributed by atoms with Crippen LogP contribution in [-0.4, -0.2) is 42.9 Å². The molecule has 3 aromatic rings. The summed E-state index contributed by atoms with van der Waals surface area (Å²) < 4.78 is 10.2. The molecule has 6 heteroatoms. The fourth-order valence-corrected chi connectivity index (χ4v) is 5.25. The first-order valence-electron chi connectivity index (χ1n) is 10.8. The molecule has 1 saturated heterocycles. The van der Waals surface area contributed by atoms with Gasteiger partial charge in [-0.15, -0.1) is 0 Å². The predicted octanol–water partition coefficient (Wildman–Crippen LogP) is 5.50. The highest BCUT2D eigenvalue weighted by atomic mass is 32.2. The van der Waals surface area contributed by atoms with Gasteiger partial charge in [-0.2, -0.15) is 11.8 Å². The van der Waals surface area contributed by atoms with Crippen molar-refractivity contribution in [1.29, 1.82) is 0 Å². The number of methoxy groups -OCH3 is 1. The SMILES string of the molecule is COC(=O)[C@@H]1C[C@@](SC)(c2ccc(-c3ccccc3)cc2)CN1C(=O)OCc1ccccc1. The topological polar surface area (TPSA) is 55.8 Å². The molecule has 170 valence electrons. The third-order valence-corrected chi connectivity index (χ3v) is 7.46. The van der Waals surface area contributed by atoms with Crippen molar-refractivity contribution in [3.63, 3.8) is 0 Å². The lowest BCUT2D eigenvalue weighted by atomic mass is 9.93. The predicted molar refractivity (Wildman–Crippen MR) is 131 cm³/mol. The van der Waals surface area contributed by atoms with Crippen molar-refractivity contribution in [2.75, 3.05) is 19.9 Å². The van der Waals surface area contributed by atoms with Gasteiger partial charge in [-0.05, 0) is 34.9 Å². The molecule has 2 atom stereocenters. The molecule has 0 aromatic heterocycles. The lowest BCUT2D eigenvalue weighted by molar-refractivity contribution is -0.145. The van der Waals surface area contributed by atoms with Crippen LogP contribution < -0.4 is 0 Å². The second kappa shape index (κ2) is 10.1. The number of nitrogens with zero attached hydrogens (tertiary/aromatic N) is 1. The zero-order valence-corrected chi connectivity index (χ0v) is 19.6. The normalized spacial score (nSPS) is 19.8. The number of likely N-dealkylation sites (tertiary alicyclic amines) is 1. The Morgan fingerprint density at radius 2 is 1.55 bits per heavy atom. The Bertz CT molecular complexity index is 1090. The summed E-state index contributed by atoms with van der Waals surface area (Å²) in [5, 5.41) is 0. The zero-order chi connectivity index (χ0) is 23.3. The van der Waals surface area contributed by atoms with Crippen LogP contribution in [-0.2, 0) is 25.6 Å². The first-order chi connectivity index (χ1) is 16.1. The second-order valence-corrected chi connectivity index (χ2v) is 9.24. The molecule has 0 N–H and O–H groups in total.